The first-order valence-corrected chi connectivity index (χ1v) is 12.4. The first-order chi connectivity index (χ1) is 18.2. The van der Waals surface area contributed by atoms with Crippen LogP contribution in [0.5, 0.6) is 0 Å². The monoisotopic (exact) mass is 533 g/mol. The van der Waals surface area contributed by atoms with Crippen LogP contribution in [-0.4, -0.2) is 84.7 Å². The van der Waals surface area contributed by atoms with Crippen molar-refractivity contribution in [3.8, 4) is 0 Å². The Kier molecular flexibility index (Phi) is 12.8. The molecule has 11 nitrogen and oxygen atoms in total. The summed E-state index contributed by atoms with van der Waals surface area (Å²) in [6.45, 7) is 5.26. The van der Waals surface area contributed by atoms with E-state index in [4.69, 9.17) is 24.1 Å². The highest BCUT2D eigenvalue weighted by Gasteiger charge is 2.47. The average Bonchev–Trinajstić information content (AvgIpc) is 3.20. The van der Waals surface area contributed by atoms with Crippen molar-refractivity contribution >= 4 is 29.5 Å². The van der Waals surface area contributed by atoms with Crippen LogP contribution >= 0.6 is 0 Å². The zero-order valence-corrected chi connectivity index (χ0v) is 21.9. The summed E-state index contributed by atoms with van der Waals surface area (Å²) in [5.41, 5.74) is 0.714. The number of hydrogen-bond acceptors (Lipinski definition) is 10. The Morgan fingerprint density at radius 3 is 2.34 bits per heavy atom. The second-order valence-corrected chi connectivity index (χ2v) is 8.74. The number of hydrogen-bond donors (Lipinski definition) is 1. The van der Waals surface area contributed by atoms with E-state index < -0.39 is 47.9 Å². The fraction of sp³-hybridized carbons (Fsp3) is 0.519. The van der Waals surface area contributed by atoms with Crippen molar-refractivity contribution in [2.24, 2.45) is 5.92 Å². The Morgan fingerprint density at radius 1 is 1.05 bits per heavy atom. The Balaban J connectivity index is 1.96. The Morgan fingerprint density at radius 2 is 1.71 bits per heavy atom. The van der Waals surface area contributed by atoms with Gasteiger partial charge in [-0.25, -0.2) is 9.69 Å². The van der Waals surface area contributed by atoms with Gasteiger partial charge in [0.1, 0.15) is 6.10 Å². The highest BCUT2D eigenvalue weighted by Crippen LogP contribution is 2.33. The fourth-order valence-corrected chi connectivity index (χ4v) is 3.87. The van der Waals surface area contributed by atoms with Gasteiger partial charge >= 0.3 is 12.1 Å². The molecule has 1 aliphatic heterocycles. The lowest BCUT2D eigenvalue weighted by Crippen LogP contribution is -2.47. The predicted molar refractivity (Wildman–Crippen MR) is 134 cm³/mol. The van der Waals surface area contributed by atoms with E-state index >= 15 is 0 Å². The molecule has 1 saturated heterocycles. The lowest BCUT2D eigenvalue weighted by molar-refractivity contribution is -0.158. The zero-order chi connectivity index (χ0) is 28.1. The molecule has 0 saturated carbocycles. The van der Waals surface area contributed by atoms with E-state index in [9.17, 15) is 24.0 Å². The first-order valence-electron chi connectivity index (χ1n) is 12.4. The number of cyclic esters (lactones) is 1. The largest absolute Gasteiger partial charge is 0.453 e. The minimum absolute atomic E-state index is 0.0660. The molecule has 0 unspecified atom stereocenters. The Hall–Kier alpha value is -3.41. The van der Waals surface area contributed by atoms with Gasteiger partial charge in [-0.15, -0.1) is 0 Å². The van der Waals surface area contributed by atoms with Gasteiger partial charge in [0.25, 0.3) is 0 Å². The smallest absolute Gasteiger partial charge is 0.417 e. The van der Waals surface area contributed by atoms with Gasteiger partial charge in [0.15, 0.2) is 17.7 Å². The lowest BCUT2D eigenvalue weighted by atomic mass is 9.96. The average molecular weight is 534 g/mol. The number of aliphatic hydroxyl groups excluding tert-OH is 1. The fourth-order valence-electron chi connectivity index (χ4n) is 3.87. The summed E-state index contributed by atoms with van der Waals surface area (Å²) in [4.78, 5) is 63.4. The van der Waals surface area contributed by atoms with Gasteiger partial charge in [-0.3, -0.25) is 19.2 Å². The maximum atomic E-state index is 13.2. The first kappa shape index (κ1) is 30.8. The Labute approximate surface area is 221 Å². The second kappa shape index (κ2) is 15.8. The highest BCUT2D eigenvalue weighted by molar-refractivity contribution is 6.04. The van der Waals surface area contributed by atoms with Crippen molar-refractivity contribution in [2.75, 3.05) is 33.0 Å². The molecule has 38 heavy (non-hydrogen) atoms. The van der Waals surface area contributed by atoms with Gasteiger partial charge in [-0.2, -0.15) is 0 Å². The van der Waals surface area contributed by atoms with Crippen LogP contribution in [0.15, 0.2) is 42.5 Å². The molecular weight excluding hydrogens is 498 g/mol. The van der Waals surface area contributed by atoms with Crippen LogP contribution < -0.4 is 0 Å². The van der Waals surface area contributed by atoms with Crippen LogP contribution in [0.1, 0.15) is 45.3 Å². The van der Waals surface area contributed by atoms with Crippen molar-refractivity contribution in [3.63, 3.8) is 0 Å². The molecule has 0 aromatic heterocycles. The number of carbonyl (C=O) groups excluding carboxylic acids is 5. The molecule has 2 rings (SSSR count). The molecule has 1 N–H and O–H groups in total. The van der Waals surface area contributed by atoms with Gasteiger partial charge in [0.2, 0.25) is 5.91 Å². The van der Waals surface area contributed by atoms with Crippen LogP contribution in [0.2, 0.25) is 0 Å². The van der Waals surface area contributed by atoms with Gasteiger partial charge in [-0.05, 0) is 38.0 Å². The molecule has 11 heteroatoms. The number of esters is 1. The number of ether oxygens (including phenoxy) is 4. The maximum absolute atomic E-state index is 13.2. The number of nitrogens with zero attached hydrogens (tertiary/aromatic N) is 1. The summed E-state index contributed by atoms with van der Waals surface area (Å²) < 4.78 is 20.9. The number of benzene rings is 1. The summed E-state index contributed by atoms with van der Waals surface area (Å²) in [6.07, 6.45) is -0.492. The topological polar surface area (TPSA) is 146 Å². The molecular formula is C27H35NO10. The lowest BCUT2D eigenvalue weighted by Gasteiger charge is -2.26. The second-order valence-electron chi connectivity index (χ2n) is 8.74. The third-order valence-corrected chi connectivity index (χ3v) is 5.81. The van der Waals surface area contributed by atoms with E-state index in [-0.39, 0.29) is 25.4 Å². The number of carbonyl (C=O) groups is 5. The van der Waals surface area contributed by atoms with Crippen molar-refractivity contribution in [3.05, 3.63) is 48.0 Å². The molecule has 4 atom stereocenters. The van der Waals surface area contributed by atoms with Crippen molar-refractivity contribution in [1.82, 2.24) is 4.90 Å². The molecule has 2 amide bonds. The zero-order valence-electron chi connectivity index (χ0n) is 21.9. The number of allylic oxidation sites excluding steroid dienone is 1. The summed E-state index contributed by atoms with van der Waals surface area (Å²) in [5, 5.41) is 8.62. The molecule has 0 bridgehead atoms. The van der Waals surface area contributed by atoms with Crippen molar-refractivity contribution < 1.29 is 48.0 Å². The van der Waals surface area contributed by atoms with Crippen LogP contribution in [0.4, 0.5) is 4.79 Å². The molecule has 1 aromatic rings. The molecule has 1 aromatic carbocycles. The normalized spacial score (nSPS) is 18.7. The molecule has 1 heterocycles. The summed E-state index contributed by atoms with van der Waals surface area (Å²) in [7, 11) is 0. The molecule has 1 fully saturated rings. The minimum Gasteiger partial charge on any atom is -0.453 e. The highest BCUT2D eigenvalue weighted by atomic mass is 16.6. The standard InChI is InChI=1S/C27H35NO10/c1-18(26(33)28-19(2)25(38-27(28)34)21-8-5-4-6-9-21)24(37-20(3)30)23(32)12-11-22(31)10-7-14-35-16-17-36-15-13-29/h4-6,8-9,11-12,18-19,24-25,29H,7,10,13-17H2,1-3H3/t18-,19-,24-,25-/m1/s1. The number of amides is 2. The van der Waals surface area contributed by atoms with Crippen LogP contribution in [0.3, 0.4) is 0 Å². The van der Waals surface area contributed by atoms with E-state index in [1.807, 2.05) is 6.07 Å². The van der Waals surface area contributed by atoms with Crippen LogP contribution in [0, 0.1) is 5.92 Å². The number of ketones is 2. The Bertz CT molecular complexity index is 993. The van der Waals surface area contributed by atoms with Gasteiger partial charge in [-0.1, -0.05) is 30.3 Å². The number of imide groups is 1. The van der Waals surface area contributed by atoms with Crippen LogP contribution in [-0.2, 0) is 38.1 Å². The summed E-state index contributed by atoms with van der Waals surface area (Å²) in [6, 6.07) is 8.28. The van der Waals surface area contributed by atoms with E-state index in [1.54, 1.807) is 31.2 Å². The van der Waals surface area contributed by atoms with E-state index in [1.165, 1.54) is 6.92 Å². The third-order valence-electron chi connectivity index (χ3n) is 5.81. The van der Waals surface area contributed by atoms with E-state index in [2.05, 4.69) is 0 Å². The third kappa shape index (κ3) is 9.16. The van der Waals surface area contributed by atoms with Crippen molar-refractivity contribution in [2.45, 2.75) is 51.9 Å². The quantitative estimate of drug-likeness (QED) is 0.191. The van der Waals surface area contributed by atoms with Crippen molar-refractivity contribution in [1.29, 1.82) is 0 Å². The summed E-state index contributed by atoms with van der Waals surface area (Å²) in [5.74, 6) is -3.84. The minimum atomic E-state index is -1.53. The number of aliphatic hydroxyl groups is 1. The maximum Gasteiger partial charge on any atom is 0.417 e. The molecule has 1 aliphatic rings. The molecule has 0 radical (unpaired) electrons. The van der Waals surface area contributed by atoms with Gasteiger partial charge in [0.05, 0.1) is 38.4 Å². The van der Waals surface area contributed by atoms with Crippen LogP contribution in [0.25, 0.3) is 0 Å². The van der Waals surface area contributed by atoms with E-state index in [0.29, 0.717) is 31.8 Å². The van der Waals surface area contributed by atoms with E-state index in [0.717, 1.165) is 24.0 Å². The number of rotatable bonds is 16. The molecule has 208 valence electrons. The SMILES string of the molecule is CC(=O)O[C@@H](C(=O)C=CC(=O)CCCOCCOCCO)[C@@H](C)C(=O)N1C(=O)O[C@@H](c2ccccc2)[C@H]1C. The van der Waals surface area contributed by atoms with Gasteiger partial charge < -0.3 is 24.1 Å². The predicted octanol–water partition coefficient (Wildman–Crippen LogP) is 2.16. The molecule has 0 aliphatic carbocycles. The summed E-state index contributed by atoms with van der Waals surface area (Å²) >= 11 is 0. The van der Waals surface area contributed by atoms with Gasteiger partial charge in [0, 0.05) is 20.0 Å². The molecule has 0 spiro atoms.